The van der Waals surface area contributed by atoms with Crippen molar-refractivity contribution in [3.63, 3.8) is 0 Å². The Morgan fingerprint density at radius 2 is 1.31 bits per heavy atom. The highest BCUT2D eigenvalue weighted by atomic mass is 31.2. The van der Waals surface area contributed by atoms with E-state index in [0.717, 1.165) is 5.56 Å². The molecule has 0 radical (unpaired) electrons. The van der Waals surface area contributed by atoms with Crippen LogP contribution in [0.5, 0.6) is 28.7 Å². The lowest BCUT2D eigenvalue weighted by Gasteiger charge is -2.17. The monoisotopic (exact) mass is 551 g/mol. The minimum Gasteiger partial charge on any atom is -0.508 e. The lowest BCUT2D eigenvalue weighted by Crippen LogP contribution is -2.05. The molecular formula is C30H34NO7P. The first kappa shape index (κ1) is 29.6. The number of hydrogen-bond donors (Lipinski definition) is 2. The summed E-state index contributed by atoms with van der Waals surface area (Å²) in [7, 11) is -3.25. The summed E-state index contributed by atoms with van der Waals surface area (Å²) in [6.07, 6.45) is -0.153. The average Bonchev–Trinajstić information content (AvgIpc) is 2.94. The summed E-state index contributed by atoms with van der Waals surface area (Å²) in [5.41, 5.74) is 7.43. The van der Waals surface area contributed by atoms with Crippen LogP contribution in [-0.4, -0.2) is 24.7 Å². The molecule has 0 unspecified atom stereocenters. The van der Waals surface area contributed by atoms with Crippen molar-refractivity contribution < 1.29 is 32.9 Å². The van der Waals surface area contributed by atoms with Crippen LogP contribution in [0.25, 0.3) is 0 Å². The summed E-state index contributed by atoms with van der Waals surface area (Å²) in [6.45, 7) is 4.62. The molecule has 9 heteroatoms. The maximum atomic E-state index is 12.4. The molecule has 4 aromatic rings. The Balaban J connectivity index is 0.000000239. The number of benzene rings is 4. The molecule has 39 heavy (non-hydrogen) atoms. The van der Waals surface area contributed by atoms with Crippen LogP contribution in [0.15, 0.2) is 103 Å². The highest BCUT2D eigenvalue weighted by molar-refractivity contribution is 7.53. The van der Waals surface area contributed by atoms with Crippen LogP contribution in [0, 0.1) is 0 Å². The van der Waals surface area contributed by atoms with Gasteiger partial charge in [-0.3, -0.25) is 4.57 Å². The van der Waals surface area contributed by atoms with E-state index in [2.05, 4.69) is 0 Å². The van der Waals surface area contributed by atoms with Crippen molar-refractivity contribution >= 4 is 13.3 Å². The zero-order chi connectivity index (χ0) is 27.9. The van der Waals surface area contributed by atoms with Crippen molar-refractivity contribution in [1.29, 1.82) is 0 Å². The predicted molar refractivity (Wildman–Crippen MR) is 153 cm³/mol. The first-order chi connectivity index (χ1) is 18.9. The van der Waals surface area contributed by atoms with E-state index in [1.54, 1.807) is 80.6 Å². The van der Waals surface area contributed by atoms with Gasteiger partial charge in [-0.15, -0.1) is 0 Å². The van der Waals surface area contributed by atoms with Gasteiger partial charge >= 0.3 is 7.60 Å². The minimum absolute atomic E-state index is 0.153. The molecule has 0 aliphatic rings. The summed E-state index contributed by atoms with van der Waals surface area (Å²) < 4.78 is 39.6. The van der Waals surface area contributed by atoms with Crippen molar-refractivity contribution in [3.05, 3.63) is 109 Å². The number of aromatic hydroxyl groups is 1. The summed E-state index contributed by atoms with van der Waals surface area (Å²) in [5, 5.41) is 9.23. The quantitative estimate of drug-likeness (QED) is 0.137. The van der Waals surface area contributed by atoms with Gasteiger partial charge in [0.15, 0.2) is 6.35 Å². The molecule has 0 atom stereocenters. The molecule has 4 rings (SSSR count). The molecule has 8 nitrogen and oxygen atoms in total. The van der Waals surface area contributed by atoms with Crippen LogP contribution in [0.1, 0.15) is 19.4 Å². The molecular weight excluding hydrogens is 517 g/mol. The molecule has 0 bridgehead atoms. The van der Waals surface area contributed by atoms with Crippen molar-refractivity contribution in [2.75, 3.05) is 25.3 Å². The molecule has 0 aliphatic carbocycles. The first-order valence-corrected chi connectivity index (χ1v) is 14.2. The van der Waals surface area contributed by atoms with Crippen LogP contribution in [0.2, 0.25) is 0 Å². The van der Waals surface area contributed by atoms with E-state index in [-0.39, 0.29) is 12.1 Å². The fraction of sp³-hybridized carbons (Fsp3) is 0.200. The van der Waals surface area contributed by atoms with E-state index in [1.807, 2.05) is 36.4 Å². The van der Waals surface area contributed by atoms with Gasteiger partial charge in [-0.05, 0) is 67.9 Å². The van der Waals surface area contributed by atoms with Gasteiger partial charge in [0.05, 0.1) is 13.2 Å². The van der Waals surface area contributed by atoms with Crippen LogP contribution in [-0.2, 0) is 20.2 Å². The Kier molecular flexibility index (Phi) is 11.7. The lowest BCUT2D eigenvalue weighted by molar-refractivity contribution is 0.196. The van der Waals surface area contributed by atoms with E-state index in [0.29, 0.717) is 48.5 Å². The predicted octanol–water partition coefficient (Wildman–Crippen LogP) is 7.63. The Hall–Kier alpha value is -3.97. The van der Waals surface area contributed by atoms with Gasteiger partial charge in [0, 0.05) is 17.8 Å². The van der Waals surface area contributed by atoms with Crippen LogP contribution >= 0.6 is 7.60 Å². The van der Waals surface area contributed by atoms with Gasteiger partial charge in [0.2, 0.25) is 0 Å². The minimum atomic E-state index is -3.25. The maximum Gasteiger partial charge on any atom is 0.367 e. The molecule has 0 aliphatic heterocycles. The Morgan fingerprint density at radius 3 is 1.95 bits per heavy atom. The van der Waals surface area contributed by atoms with Crippen molar-refractivity contribution in [1.82, 2.24) is 0 Å². The number of anilines is 1. The highest BCUT2D eigenvalue weighted by Crippen LogP contribution is 2.48. The van der Waals surface area contributed by atoms with Crippen LogP contribution in [0.4, 0.5) is 5.69 Å². The lowest BCUT2D eigenvalue weighted by atomic mass is 10.2. The van der Waals surface area contributed by atoms with Gasteiger partial charge < -0.3 is 34.1 Å². The number of nitrogen functional groups attached to an aromatic ring is 1. The topological polar surface area (TPSA) is 109 Å². The number of phenolic OH excluding ortho intramolecular Hbond substituents is 1. The Morgan fingerprint density at radius 1 is 0.692 bits per heavy atom. The van der Waals surface area contributed by atoms with Gasteiger partial charge in [0.25, 0.3) is 0 Å². The molecule has 0 amide bonds. The molecule has 0 aromatic heterocycles. The average molecular weight is 552 g/mol. The Bertz CT molecular complexity index is 1310. The molecule has 3 N–H and O–H groups in total. The van der Waals surface area contributed by atoms with Gasteiger partial charge in [-0.1, -0.05) is 42.5 Å². The van der Waals surface area contributed by atoms with Gasteiger partial charge in [0.1, 0.15) is 35.4 Å². The third-order valence-corrected chi connectivity index (χ3v) is 6.78. The number of hydrogen-bond acceptors (Lipinski definition) is 8. The van der Waals surface area contributed by atoms with Crippen LogP contribution in [0.3, 0.4) is 0 Å². The smallest absolute Gasteiger partial charge is 0.367 e. The number of phenols is 1. The number of ether oxygens (including phenoxy) is 3. The van der Waals surface area contributed by atoms with Crippen molar-refractivity contribution in [3.8, 4) is 28.7 Å². The molecule has 0 spiro atoms. The highest BCUT2D eigenvalue weighted by Gasteiger charge is 2.24. The largest absolute Gasteiger partial charge is 0.508 e. The third kappa shape index (κ3) is 10.7. The standard InChI is InChI=1S/C17H22NO5P.C13H12O2/c1-3-21-24(19,22-4-2)13-20-16-6-5-7-17(12-16)23-15-10-8-14(18)9-11-15;14-12-7-4-8-13(9-12)15-10-11-5-2-1-3-6-11/h5-12H,3-4,13,18H2,1-2H3;1-9,14H,10H2. The first-order valence-electron chi connectivity index (χ1n) is 12.5. The molecule has 0 heterocycles. The van der Waals surface area contributed by atoms with Crippen molar-refractivity contribution in [2.45, 2.75) is 20.5 Å². The van der Waals surface area contributed by atoms with E-state index < -0.39 is 7.60 Å². The second kappa shape index (κ2) is 15.4. The zero-order valence-electron chi connectivity index (χ0n) is 22.1. The second-order valence-corrected chi connectivity index (χ2v) is 10.1. The Labute approximate surface area is 229 Å². The molecule has 4 aromatic carbocycles. The summed E-state index contributed by atoms with van der Waals surface area (Å²) in [5.74, 6) is 2.68. The fourth-order valence-corrected chi connectivity index (χ4v) is 4.59. The van der Waals surface area contributed by atoms with E-state index in [1.165, 1.54) is 0 Å². The van der Waals surface area contributed by atoms with Crippen molar-refractivity contribution in [2.24, 2.45) is 0 Å². The molecule has 0 saturated heterocycles. The number of nitrogens with two attached hydrogens (primary N) is 1. The van der Waals surface area contributed by atoms with E-state index in [4.69, 9.17) is 29.0 Å². The van der Waals surface area contributed by atoms with Gasteiger partial charge in [-0.25, -0.2) is 0 Å². The fourth-order valence-electron chi connectivity index (χ4n) is 3.27. The second-order valence-electron chi connectivity index (χ2n) is 8.14. The summed E-state index contributed by atoms with van der Waals surface area (Å²) >= 11 is 0. The molecule has 206 valence electrons. The molecule has 0 saturated carbocycles. The SMILES string of the molecule is CCOP(=O)(COc1cccc(Oc2ccc(N)cc2)c1)OCC.Oc1cccc(OCc2ccccc2)c1. The third-order valence-electron chi connectivity index (χ3n) is 5.03. The zero-order valence-corrected chi connectivity index (χ0v) is 23.0. The summed E-state index contributed by atoms with van der Waals surface area (Å²) in [4.78, 5) is 0. The number of rotatable bonds is 12. The van der Waals surface area contributed by atoms with Crippen LogP contribution < -0.4 is 19.9 Å². The van der Waals surface area contributed by atoms with Gasteiger partial charge in [-0.2, -0.15) is 0 Å². The maximum absolute atomic E-state index is 12.4. The molecule has 0 fully saturated rings. The van der Waals surface area contributed by atoms with E-state index in [9.17, 15) is 9.67 Å². The normalized spacial score (nSPS) is 10.7. The summed E-state index contributed by atoms with van der Waals surface area (Å²) in [6, 6.07) is 30.8. The van der Waals surface area contributed by atoms with E-state index >= 15 is 0 Å².